The smallest absolute Gasteiger partial charge is 0.373 e. The van der Waals surface area contributed by atoms with Crippen molar-refractivity contribution in [3.05, 3.63) is 0 Å². The van der Waals surface area contributed by atoms with E-state index in [2.05, 4.69) is 6.92 Å². The van der Waals surface area contributed by atoms with E-state index >= 15 is 0 Å². The van der Waals surface area contributed by atoms with E-state index in [9.17, 15) is 65.9 Å². The zero-order valence-electron chi connectivity index (χ0n) is 12.8. The summed E-state index contributed by atoms with van der Waals surface area (Å²) < 4.78 is 199. The zero-order chi connectivity index (χ0) is 22.8. The van der Waals surface area contributed by atoms with Crippen LogP contribution >= 0.6 is 0 Å². The van der Waals surface area contributed by atoms with Crippen molar-refractivity contribution < 1.29 is 75.3 Å². The molecular weight excluding hydrogens is 449 g/mol. The van der Waals surface area contributed by atoms with Crippen LogP contribution in [0.5, 0.6) is 0 Å². The van der Waals surface area contributed by atoms with E-state index in [1.54, 1.807) is 4.74 Å². The van der Waals surface area contributed by atoms with Crippen LogP contribution < -0.4 is 0 Å². The SMILES string of the molecule is CC1CO1.FC1OC(F)(F)C(F)(F)C(F)(F)C(F)(F)C(F)(F)C(F)(F)C1(F)F. The molecule has 2 rings (SSSR count). The van der Waals surface area contributed by atoms with Crippen molar-refractivity contribution in [2.24, 2.45) is 0 Å². The summed E-state index contributed by atoms with van der Waals surface area (Å²) >= 11 is 0. The number of rotatable bonds is 0. The predicted octanol–water partition coefficient (Wildman–Crippen LogP) is 5.12. The fourth-order valence-electron chi connectivity index (χ4n) is 1.50. The molecular formula is C11H7F15O2. The lowest BCUT2D eigenvalue weighted by Gasteiger charge is -2.39. The quantitative estimate of drug-likeness (QED) is 0.373. The van der Waals surface area contributed by atoms with Crippen LogP contribution in [0.1, 0.15) is 6.92 Å². The first-order chi connectivity index (χ1) is 12.0. The molecule has 0 bridgehead atoms. The Hall–Kier alpha value is -1.13. The number of epoxide rings is 1. The molecule has 0 amide bonds. The molecule has 0 aromatic rings. The summed E-state index contributed by atoms with van der Waals surface area (Å²) in [5.74, 6) is -47.3. The lowest BCUT2D eigenvalue weighted by Crippen LogP contribution is -2.72. The Balaban J connectivity index is 0.000000863. The molecule has 2 atom stereocenters. The van der Waals surface area contributed by atoms with Crippen molar-refractivity contribution in [3.8, 4) is 0 Å². The Bertz CT molecular complexity index is 583. The summed E-state index contributed by atoms with van der Waals surface area (Å²) in [6, 6.07) is 0. The third kappa shape index (κ3) is 3.17. The van der Waals surface area contributed by atoms with Crippen LogP contribution in [0.3, 0.4) is 0 Å². The van der Waals surface area contributed by atoms with Gasteiger partial charge in [-0.05, 0) is 6.92 Å². The summed E-state index contributed by atoms with van der Waals surface area (Å²) in [5.41, 5.74) is 0. The van der Waals surface area contributed by atoms with Gasteiger partial charge in [0.2, 0.25) is 0 Å². The van der Waals surface area contributed by atoms with E-state index in [1.807, 2.05) is 0 Å². The van der Waals surface area contributed by atoms with Crippen molar-refractivity contribution >= 4 is 0 Å². The summed E-state index contributed by atoms with van der Waals surface area (Å²) in [6.07, 6.45) is -12.5. The Kier molecular flexibility index (Phi) is 5.72. The van der Waals surface area contributed by atoms with E-state index in [4.69, 9.17) is 4.74 Å². The molecule has 0 N–H and O–H groups in total. The molecule has 0 aromatic heterocycles. The molecule has 28 heavy (non-hydrogen) atoms. The van der Waals surface area contributed by atoms with Crippen molar-refractivity contribution in [2.45, 2.75) is 61.0 Å². The van der Waals surface area contributed by atoms with E-state index < -0.39 is 48.0 Å². The molecule has 0 spiro atoms. The Labute approximate surface area is 144 Å². The number of alkyl halides is 15. The maximum atomic E-state index is 12.9. The molecule has 0 aliphatic carbocycles. The Morgan fingerprint density at radius 1 is 0.607 bits per heavy atom. The van der Waals surface area contributed by atoms with Gasteiger partial charge < -0.3 is 4.74 Å². The van der Waals surface area contributed by atoms with E-state index in [0.717, 1.165) is 6.61 Å². The number of halogens is 15. The minimum atomic E-state index is -8.17. The molecule has 0 radical (unpaired) electrons. The highest BCUT2D eigenvalue weighted by molar-refractivity contribution is 5.15. The predicted molar refractivity (Wildman–Crippen MR) is 56.0 cm³/mol. The molecule has 168 valence electrons. The molecule has 2 saturated heterocycles. The molecule has 2 nitrogen and oxygen atoms in total. The Morgan fingerprint density at radius 2 is 0.893 bits per heavy atom. The van der Waals surface area contributed by atoms with Gasteiger partial charge in [-0.25, -0.2) is 4.39 Å². The maximum absolute atomic E-state index is 12.9. The third-order valence-corrected chi connectivity index (χ3v) is 3.40. The summed E-state index contributed by atoms with van der Waals surface area (Å²) in [6.45, 7) is 3.04. The minimum Gasteiger partial charge on any atom is -0.373 e. The first kappa shape index (κ1) is 24.9. The van der Waals surface area contributed by atoms with E-state index in [-0.39, 0.29) is 0 Å². The Morgan fingerprint density at radius 3 is 1.21 bits per heavy atom. The van der Waals surface area contributed by atoms with Crippen LogP contribution in [-0.4, -0.2) is 60.7 Å². The highest BCUT2D eigenvalue weighted by Crippen LogP contribution is 2.64. The van der Waals surface area contributed by atoms with Crippen LogP contribution in [0.15, 0.2) is 0 Å². The topological polar surface area (TPSA) is 21.8 Å². The van der Waals surface area contributed by atoms with Crippen LogP contribution in [0.25, 0.3) is 0 Å². The van der Waals surface area contributed by atoms with E-state index in [1.165, 1.54) is 0 Å². The molecule has 2 aliphatic heterocycles. The second-order valence-corrected chi connectivity index (χ2v) is 5.59. The van der Waals surface area contributed by atoms with E-state index in [0.29, 0.717) is 6.10 Å². The molecule has 2 fully saturated rings. The fraction of sp³-hybridized carbons (Fsp3) is 1.00. The largest absolute Gasteiger partial charge is 0.428 e. The van der Waals surface area contributed by atoms with Crippen molar-refractivity contribution in [1.82, 2.24) is 0 Å². The van der Waals surface area contributed by atoms with Crippen LogP contribution in [0.4, 0.5) is 65.9 Å². The molecule has 2 unspecified atom stereocenters. The first-order valence-corrected chi connectivity index (χ1v) is 6.60. The normalized spacial score (nSPS) is 36.0. The van der Waals surface area contributed by atoms with Crippen molar-refractivity contribution in [3.63, 3.8) is 0 Å². The van der Waals surface area contributed by atoms with Gasteiger partial charge in [-0.2, -0.15) is 61.5 Å². The van der Waals surface area contributed by atoms with Gasteiger partial charge in [-0.3, -0.25) is 4.74 Å². The molecule has 0 aromatic carbocycles. The fourth-order valence-corrected chi connectivity index (χ4v) is 1.50. The number of hydrogen-bond acceptors (Lipinski definition) is 2. The maximum Gasteiger partial charge on any atom is 0.428 e. The molecule has 0 saturated carbocycles. The summed E-state index contributed by atoms with van der Waals surface area (Å²) in [5, 5.41) is 0. The van der Waals surface area contributed by atoms with Gasteiger partial charge >= 0.3 is 41.6 Å². The van der Waals surface area contributed by atoms with Crippen LogP contribution in [0, 0.1) is 0 Å². The van der Waals surface area contributed by atoms with Crippen LogP contribution in [0.2, 0.25) is 0 Å². The van der Waals surface area contributed by atoms with Crippen LogP contribution in [-0.2, 0) is 9.47 Å². The molecule has 2 heterocycles. The highest BCUT2D eigenvalue weighted by Gasteiger charge is 2.95. The number of hydrogen-bond donors (Lipinski definition) is 0. The second-order valence-electron chi connectivity index (χ2n) is 5.59. The monoisotopic (exact) mass is 456 g/mol. The summed E-state index contributed by atoms with van der Waals surface area (Å²) in [7, 11) is 0. The van der Waals surface area contributed by atoms with Gasteiger partial charge in [0.05, 0.1) is 12.7 Å². The van der Waals surface area contributed by atoms with Gasteiger partial charge in [0.25, 0.3) is 6.36 Å². The van der Waals surface area contributed by atoms with Gasteiger partial charge in [0.15, 0.2) is 0 Å². The van der Waals surface area contributed by atoms with Gasteiger partial charge in [-0.1, -0.05) is 0 Å². The lowest BCUT2D eigenvalue weighted by molar-refractivity contribution is -0.454. The van der Waals surface area contributed by atoms with Crippen molar-refractivity contribution in [1.29, 1.82) is 0 Å². The van der Waals surface area contributed by atoms with Gasteiger partial charge in [0, 0.05) is 0 Å². The average Bonchev–Trinajstić information content (AvgIpc) is 3.27. The standard InChI is InChI=1S/C8HF15O.C3H6O/c9-1-2(10,11)3(12,13)4(14,15)5(16,17)6(18,19)7(20,21)8(22,23)24-1;1-3-2-4-3/h1H;3H,2H2,1H3. The number of ether oxygens (including phenoxy) is 2. The first-order valence-electron chi connectivity index (χ1n) is 6.60. The van der Waals surface area contributed by atoms with Gasteiger partial charge in [-0.15, -0.1) is 0 Å². The molecule has 2 aliphatic rings. The minimum absolute atomic E-state index is 0.583. The lowest BCUT2D eigenvalue weighted by atomic mass is 9.92. The zero-order valence-corrected chi connectivity index (χ0v) is 12.8. The average molecular weight is 456 g/mol. The molecule has 17 heteroatoms. The highest BCUT2D eigenvalue weighted by atomic mass is 19.4. The summed E-state index contributed by atoms with van der Waals surface area (Å²) in [4.78, 5) is 0. The van der Waals surface area contributed by atoms with Crippen molar-refractivity contribution in [2.75, 3.05) is 6.61 Å². The third-order valence-electron chi connectivity index (χ3n) is 3.40. The second kappa shape index (κ2) is 6.43. The van der Waals surface area contributed by atoms with Gasteiger partial charge in [0.1, 0.15) is 0 Å².